The molecule has 6 atom stereocenters. The Morgan fingerprint density at radius 2 is 1.88 bits per heavy atom. The highest BCUT2D eigenvalue weighted by Crippen LogP contribution is 2.50. The minimum Gasteiger partial charge on any atom is -0.382 e. The van der Waals surface area contributed by atoms with Crippen LogP contribution in [0.5, 0.6) is 0 Å². The number of anilines is 2. The van der Waals surface area contributed by atoms with Gasteiger partial charge in [-0.1, -0.05) is 0 Å². The Kier molecular flexibility index (Phi) is 6.99. The molecule has 0 aliphatic carbocycles. The molecule has 6 rings (SSSR count). The smallest absolute Gasteiger partial charge is 0.382 e. The van der Waals surface area contributed by atoms with Gasteiger partial charge in [0.05, 0.1) is 32.0 Å². The van der Waals surface area contributed by atoms with Crippen LogP contribution in [-0.2, 0) is 27.8 Å². The van der Waals surface area contributed by atoms with Gasteiger partial charge in [0.1, 0.15) is 18.1 Å². The van der Waals surface area contributed by atoms with Crippen LogP contribution in [0.2, 0.25) is 0 Å². The lowest BCUT2D eigenvalue weighted by Crippen LogP contribution is -2.28. The van der Waals surface area contributed by atoms with E-state index < -0.39 is 38.2 Å². The number of nitrogens with two attached hydrogens (primary N) is 2. The van der Waals surface area contributed by atoms with E-state index in [0.717, 1.165) is 0 Å². The summed E-state index contributed by atoms with van der Waals surface area (Å²) in [6.45, 7) is 0.0449. The Bertz CT molecular complexity index is 1640. The van der Waals surface area contributed by atoms with Crippen LogP contribution in [0.3, 0.4) is 0 Å². The highest BCUT2D eigenvalue weighted by atomic mass is 31.2. The van der Waals surface area contributed by atoms with Crippen LogP contribution in [-0.4, -0.2) is 76.6 Å². The molecule has 4 aromatic rings. The fraction of sp³-hybridized carbons (Fsp3) is 0.524. The zero-order valence-electron chi connectivity index (χ0n) is 21.2. The lowest BCUT2D eigenvalue weighted by atomic mass is 9.98. The van der Waals surface area contributed by atoms with Crippen molar-refractivity contribution >= 4 is 41.9 Å². The first kappa shape index (κ1) is 26.7. The Morgan fingerprint density at radius 1 is 1.10 bits per heavy atom. The molecule has 0 radical (unpaired) electrons. The Morgan fingerprint density at radius 3 is 2.67 bits per heavy atom. The van der Waals surface area contributed by atoms with Crippen LogP contribution >= 0.6 is 7.82 Å². The van der Waals surface area contributed by atoms with Crippen molar-refractivity contribution in [3.63, 3.8) is 0 Å². The molecule has 2 fully saturated rings. The third kappa shape index (κ3) is 5.05. The van der Waals surface area contributed by atoms with E-state index in [4.69, 9.17) is 34.7 Å². The first-order chi connectivity index (χ1) is 19.2. The molecular formula is C21H27N10O8P. The number of rotatable bonds is 3. The fourth-order valence-electron chi connectivity index (χ4n) is 4.98. The molecule has 0 amide bonds. The van der Waals surface area contributed by atoms with E-state index in [2.05, 4.69) is 29.9 Å². The second-order valence-corrected chi connectivity index (χ2v) is 10.8. The largest absolute Gasteiger partial charge is 0.474 e. The summed E-state index contributed by atoms with van der Waals surface area (Å²) in [4.78, 5) is 46.0. The van der Waals surface area contributed by atoms with Gasteiger partial charge >= 0.3 is 7.82 Å². The maximum Gasteiger partial charge on any atom is 0.474 e. The van der Waals surface area contributed by atoms with E-state index in [1.165, 1.54) is 24.3 Å². The van der Waals surface area contributed by atoms with Crippen LogP contribution in [0.1, 0.15) is 31.7 Å². The van der Waals surface area contributed by atoms with Gasteiger partial charge in [-0.05, 0) is 18.8 Å². The summed E-state index contributed by atoms with van der Waals surface area (Å²) < 4.78 is 44.8. The molecule has 0 saturated carbocycles. The van der Waals surface area contributed by atoms with E-state index in [-0.39, 0.29) is 48.5 Å². The van der Waals surface area contributed by atoms with Gasteiger partial charge in [0.25, 0.3) is 5.56 Å². The monoisotopic (exact) mass is 578 g/mol. The van der Waals surface area contributed by atoms with Gasteiger partial charge < -0.3 is 30.6 Å². The molecule has 4 aromatic heterocycles. The molecule has 0 spiro atoms. The molecule has 6 N–H and O–H groups in total. The average Bonchev–Trinajstić information content (AvgIpc) is 3.63. The summed E-state index contributed by atoms with van der Waals surface area (Å²) in [6.07, 6.45) is 2.05. The molecule has 2 unspecified atom stereocenters. The van der Waals surface area contributed by atoms with Crippen molar-refractivity contribution in [2.75, 3.05) is 31.8 Å². The van der Waals surface area contributed by atoms with Crippen molar-refractivity contribution in [2.24, 2.45) is 5.92 Å². The summed E-state index contributed by atoms with van der Waals surface area (Å²) in [5, 5.41) is 0. The minimum absolute atomic E-state index is 0.0280. The van der Waals surface area contributed by atoms with Gasteiger partial charge in [-0.3, -0.25) is 28.0 Å². The highest BCUT2D eigenvalue weighted by Gasteiger charge is 2.40. The van der Waals surface area contributed by atoms with E-state index in [9.17, 15) is 14.3 Å². The second kappa shape index (κ2) is 10.5. The van der Waals surface area contributed by atoms with Gasteiger partial charge in [0, 0.05) is 13.5 Å². The maximum absolute atomic E-state index is 13.1. The standard InChI is InChI=1S/C21H27N10O8P/c1-35-14-5-13(31-9-27-16-19(31)28-21(23)29-20(16)32)39-40(33,34)37-6-11-10(2-3-36-14)4-12(38-11)30-8-26-15-17(22)24-7-25-18(15)30/h7-14H,2-6H2,1H3,(H,33,34)(H2,22,24,25)(H3,23,28,29,32)/t10-,11+,12+,13+,14?/m0/s1. The number of ether oxygens (including phenoxy) is 3. The minimum atomic E-state index is -4.69. The molecule has 214 valence electrons. The molecular weight excluding hydrogens is 551 g/mol. The zero-order valence-corrected chi connectivity index (χ0v) is 22.1. The van der Waals surface area contributed by atoms with Crippen LogP contribution in [0.25, 0.3) is 22.3 Å². The summed E-state index contributed by atoms with van der Waals surface area (Å²) in [5.41, 5.74) is 12.0. The van der Waals surface area contributed by atoms with Crippen molar-refractivity contribution in [3.8, 4) is 0 Å². The number of phosphoric acid groups is 1. The number of aromatic nitrogens is 8. The Balaban J connectivity index is 1.27. The van der Waals surface area contributed by atoms with Crippen LogP contribution in [0, 0.1) is 5.92 Å². The summed E-state index contributed by atoms with van der Waals surface area (Å²) >= 11 is 0. The quantitative estimate of drug-likeness (QED) is 0.241. The van der Waals surface area contributed by atoms with Crippen molar-refractivity contribution < 1.29 is 32.7 Å². The second-order valence-electron chi connectivity index (χ2n) is 9.37. The predicted molar refractivity (Wildman–Crippen MR) is 136 cm³/mol. The van der Waals surface area contributed by atoms with Gasteiger partial charge in [0.2, 0.25) is 5.95 Å². The molecule has 2 saturated heterocycles. The van der Waals surface area contributed by atoms with E-state index in [1.54, 1.807) is 10.9 Å². The zero-order chi connectivity index (χ0) is 28.0. The van der Waals surface area contributed by atoms with Crippen molar-refractivity contribution in [3.05, 3.63) is 29.3 Å². The SMILES string of the molecule is COC1C[C@H](n2cnc3c(=O)[nH]c(N)nc32)OP(=O)(O)OC[C@H]2O[C@@H](n3cnc4c(N)ncnc43)C[C@@H]2CCO1. The molecule has 19 heteroatoms. The molecule has 40 heavy (non-hydrogen) atoms. The summed E-state index contributed by atoms with van der Waals surface area (Å²) in [6, 6.07) is 0. The van der Waals surface area contributed by atoms with Crippen LogP contribution in [0.4, 0.5) is 11.8 Å². The Hall–Kier alpha value is -3.51. The summed E-state index contributed by atoms with van der Waals surface area (Å²) in [5.74, 6) is -0.0169. The number of phosphoric ester groups is 1. The first-order valence-corrected chi connectivity index (χ1v) is 13.8. The highest BCUT2D eigenvalue weighted by molar-refractivity contribution is 7.47. The van der Waals surface area contributed by atoms with Crippen molar-refractivity contribution in [1.29, 1.82) is 0 Å². The number of fused-ring (bicyclic) bond motifs is 3. The molecule has 0 aromatic carbocycles. The molecule has 0 bridgehead atoms. The van der Waals surface area contributed by atoms with Crippen molar-refractivity contribution in [1.82, 2.24) is 39.0 Å². The molecule has 18 nitrogen and oxygen atoms in total. The lowest BCUT2D eigenvalue weighted by molar-refractivity contribution is -0.152. The summed E-state index contributed by atoms with van der Waals surface area (Å²) in [7, 11) is -3.25. The number of H-pyrrole nitrogens is 1. The average molecular weight is 578 g/mol. The van der Waals surface area contributed by atoms with Crippen LogP contribution in [0.15, 0.2) is 23.8 Å². The first-order valence-electron chi connectivity index (χ1n) is 12.3. The van der Waals surface area contributed by atoms with E-state index in [1.807, 2.05) is 0 Å². The molecule has 2 aliphatic rings. The third-order valence-electron chi connectivity index (χ3n) is 6.93. The number of nitrogens with one attached hydrogen (secondary N) is 1. The number of aromatic amines is 1. The molecule has 6 heterocycles. The number of hydrogen-bond donors (Lipinski definition) is 4. The van der Waals surface area contributed by atoms with Gasteiger partial charge in [-0.15, -0.1) is 0 Å². The topological polar surface area (TPSA) is 243 Å². The number of methoxy groups -OCH3 is 1. The van der Waals surface area contributed by atoms with E-state index >= 15 is 0 Å². The van der Waals surface area contributed by atoms with Crippen LogP contribution < -0.4 is 17.0 Å². The number of imidazole rings is 2. The van der Waals surface area contributed by atoms with Gasteiger partial charge in [0.15, 0.2) is 35.1 Å². The van der Waals surface area contributed by atoms with Crippen molar-refractivity contribution in [2.45, 2.75) is 44.1 Å². The van der Waals surface area contributed by atoms with E-state index in [0.29, 0.717) is 24.0 Å². The lowest BCUT2D eigenvalue weighted by Gasteiger charge is -2.28. The number of nitrogen functional groups attached to an aromatic ring is 2. The number of nitrogens with zero attached hydrogens (tertiary/aromatic N) is 7. The predicted octanol–water partition coefficient (Wildman–Crippen LogP) is 0.443. The molecule has 2 aliphatic heterocycles. The third-order valence-corrected chi connectivity index (χ3v) is 7.91. The normalized spacial score (nSPS) is 30.2. The van der Waals surface area contributed by atoms with Gasteiger partial charge in [-0.25, -0.2) is 24.5 Å². The number of hydrogen-bond acceptors (Lipinski definition) is 14. The Labute approximate surface area is 225 Å². The van der Waals surface area contributed by atoms with Gasteiger partial charge in [-0.2, -0.15) is 4.98 Å². The maximum atomic E-state index is 13.1. The fourth-order valence-corrected chi connectivity index (χ4v) is 5.87.